The van der Waals surface area contributed by atoms with Crippen LogP contribution in [-0.4, -0.2) is 53.6 Å². The van der Waals surface area contributed by atoms with Crippen LogP contribution < -0.4 is 10.2 Å². The van der Waals surface area contributed by atoms with Crippen molar-refractivity contribution >= 4 is 34.0 Å². The fourth-order valence-electron chi connectivity index (χ4n) is 3.12. The van der Waals surface area contributed by atoms with Crippen LogP contribution in [0.25, 0.3) is 10.6 Å². The van der Waals surface area contributed by atoms with Crippen molar-refractivity contribution in [2.45, 2.75) is 32.7 Å². The first kappa shape index (κ1) is 19.3. The molecule has 0 aliphatic carbocycles. The Morgan fingerprint density at radius 3 is 2.56 bits per heavy atom. The molecule has 0 spiro atoms. The van der Waals surface area contributed by atoms with E-state index in [1.807, 2.05) is 57.1 Å². The van der Waals surface area contributed by atoms with E-state index in [1.54, 1.807) is 4.90 Å². The molecule has 1 aromatic carbocycles. The topological polar surface area (TPSA) is 78.4 Å². The van der Waals surface area contributed by atoms with Crippen LogP contribution in [0.2, 0.25) is 0 Å². The number of hydrogen-bond donors (Lipinski definition) is 1. The fraction of sp³-hybridized carbons (Fsp3) is 0.474. The number of amides is 2. The summed E-state index contributed by atoms with van der Waals surface area (Å²) < 4.78 is 0. The van der Waals surface area contributed by atoms with Crippen LogP contribution in [0.1, 0.15) is 26.7 Å². The van der Waals surface area contributed by atoms with E-state index in [9.17, 15) is 9.59 Å². The van der Waals surface area contributed by atoms with E-state index in [-0.39, 0.29) is 17.7 Å². The third-order valence-electron chi connectivity index (χ3n) is 4.62. The average Bonchev–Trinajstić information content (AvgIpc) is 3.30. The third-order valence-corrected chi connectivity index (χ3v) is 5.51. The maximum atomic E-state index is 12.6. The minimum Gasteiger partial charge on any atom is -0.378 e. The Labute approximate surface area is 163 Å². The van der Waals surface area contributed by atoms with Crippen molar-refractivity contribution in [3.63, 3.8) is 0 Å². The van der Waals surface area contributed by atoms with Crippen LogP contribution in [0.5, 0.6) is 0 Å². The number of nitrogens with zero attached hydrogens (tertiary/aromatic N) is 4. The van der Waals surface area contributed by atoms with Gasteiger partial charge in [-0.1, -0.05) is 25.2 Å². The Balaban J connectivity index is 1.68. The van der Waals surface area contributed by atoms with Crippen LogP contribution in [0.4, 0.5) is 10.8 Å². The van der Waals surface area contributed by atoms with Crippen LogP contribution in [-0.2, 0) is 9.59 Å². The van der Waals surface area contributed by atoms with Crippen LogP contribution in [0.3, 0.4) is 0 Å². The van der Waals surface area contributed by atoms with Gasteiger partial charge in [-0.2, -0.15) is 0 Å². The number of aromatic nitrogens is 2. The molecule has 1 N–H and O–H groups in total. The average molecular weight is 388 g/mol. The number of rotatable bonds is 5. The highest BCUT2D eigenvalue weighted by Crippen LogP contribution is 2.28. The molecule has 0 bridgehead atoms. The standard InChI is InChI=1S/C19H25N5O2S/c1-12(2)18(26)24-11-5-6-15(24)16(25)20-19-22-21-17(27-19)13-7-9-14(10-8-13)23(3)4/h7-10,12,15H,5-6,11H2,1-4H3,(H,20,22,25)/t15-/m1/s1. The molecule has 2 amide bonds. The molecule has 0 radical (unpaired) electrons. The number of hydrogen-bond acceptors (Lipinski definition) is 6. The number of benzene rings is 1. The first-order valence-electron chi connectivity index (χ1n) is 9.09. The van der Waals surface area contributed by atoms with Crippen LogP contribution in [0.15, 0.2) is 24.3 Å². The molecular formula is C19H25N5O2S. The minimum atomic E-state index is -0.424. The molecule has 144 valence electrons. The predicted molar refractivity (Wildman–Crippen MR) is 108 cm³/mol. The third kappa shape index (κ3) is 4.27. The smallest absolute Gasteiger partial charge is 0.249 e. The summed E-state index contributed by atoms with van der Waals surface area (Å²) in [5.74, 6) is -0.282. The summed E-state index contributed by atoms with van der Waals surface area (Å²) in [4.78, 5) is 28.7. The molecule has 27 heavy (non-hydrogen) atoms. The van der Waals surface area contributed by atoms with E-state index in [4.69, 9.17) is 0 Å². The van der Waals surface area contributed by atoms with Gasteiger partial charge in [-0.15, -0.1) is 10.2 Å². The van der Waals surface area contributed by atoms with Crippen LogP contribution >= 0.6 is 11.3 Å². The maximum absolute atomic E-state index is 12.6. The molecule has 1 aliphatic heterocycles. The van der Waals surface area contributed by atoms with Crippen molar-refractivity contribution in [1.29, 1.82) is 0 Å². The number of nitrogens with one attached hydrogen (secondary N) is 1. The van der Waals surface area contributed by atoms with Gasteiger partial charge in [0.1, 0.15) is 11.0 Å². The molecule has 8 heteroatoms. The number of carbonyl (C=O) groups is 2. The van der Waals surface area contributed by atoms with Crippen molar-refractivity contribution < 1.29 is 9.59 Å². The van der Waals surface area contributed by atoms with Crippen molar-refractivity contribution in [1.82, 2.24) is 15.1 Å². The van der Waals surface area contributed by atoms with Crippen molar-refractivity contribution in [3.8, 4) is 10.6 Å². The Morgan fingerprint density at radius 2 is 1.93 bits per heavy atom. The first-order valence-corrected chi connectivity index (χ1v) is 9.91. The van der Waals surface area contributed by atoms with E-state index < -0.39 is 6.04 Å². The molecular weight excluding hydrogens is 362 g/mol. The minimum absolute atomic E-state index is 0.0200. The lowest BCUT2D eigenvalue weighted by atomic mass is 10.1. The van der Waals surface area contributed by atoms with Gasteiger partial charge >= 0.3 is 0 Å². The van der Waals surface area contributed by atoms with E-state index in [2.05, 4.69) is 15.5 Å². The highest BCUT2D eigenvalue weighted by atomic mass is 32.1. The lowest BCUT2D eigenvalue weighted by molar-refractivity contribution is -0.139. The molecule has 1 fully saturated rings. The summed E-state index contributed by atoms with van der Waals surface area (Å²) in [5, 5.41) is 12.3. The molecule has 2 aromatic rings. The molecule has 1 aromatic heterocycles. The van der Waals surface area contributed by atoms with Gasteiger partial charge in [0, 0.05) is 37.8 Å². The highest BCUT2D eigenvalue weighted by Gasteiger charge is 2.35. The normalized spacial score (nSPS) is 16.6. The van der Waals surface area contributed by atoms with E-state index in [0.29, 0.717) is 18.1 Å². The van der Waals surface area contributed by atoms with Crippen molar-refractivity contribution in [2.24, 2.45) is 5.92 Å². The van der Waals surface area contributed by atoms with Gasteiger partial charge < -0.3 is 9.80 Å². The van der Waals surface area contributed by atoms with E-state index >= 15 is 0 Å². The first-order chi connectivity index (χ1) is 12.9. The van der Waals surface area contributed by atoms with Crippen molar-refractivity contribution in [3.05, 3.63) is 24.3 Å². The summed E-state index contributed by atoms with van der Waals surface area (Å²) >= 11 is 1.33. The second-order valence-corrected chi connectivity index (χ2v) is 8.16. The Kier molecular flexibility index (Phi) is 5.74. The maximum Gasteiger partial charge on any atom is 0.249 e. The fourth-order valence-corrected chi connectivity index (χ4v) is 3.87. The van der Waals surface area contributed by atoms with Gasteiger partial charge in [0.05, 0.1) is 0 Å². The summed E-state index contributed by atoms with van der Waals surface area (Å²) in [6.45, 7) is 4.34. The van der Waals surface area contributed by atoms with Gasteiger partial charge in [-0.25, -0.2) is 0 Å². The largest absolute Gasteiger partial charge is 0.378 e. The number of likely N-dealkylation sites (tertiary alicyclic amines) is 1. The predicted octanol–water partition coefficient (Wildman–Crippen LogP) is 2.86. The SMILES string of the molecule is CC(C)C(=O)N1CCC[C@@H]1C(=O)Nc1nnc(-c2ccc(N(C)C)cc2)s1. The Morgan fingerprint density at radius 1 is 1.22 bits per heavy atom. The zero-order valence-electron chi connectivity index (χ0n) is 16.1. The van der Waals surface area contributed by atoms with Gasteiger partial charge in [-0.3, -0.25) is 14.9 Å². The van der Waals surface area contributed by atoms with E-state index in [0.717, 1.165) is 22.7 Å². The van der Waals surface area contributed by atoms with E-state index in [1.165, 1.54) is 11.3 Å². The molecule has 7 nitrogen and oxygen atoms in total. The Hall–Kier alpha value is -2.48. The number of anilines is 2. The Bertz CT molecular complexity index is 816. The molecule has 1 atom stereocenters. The van der Waals surface area contributed by atoms with Gasteiger partial charge in [-0.05, 0) is 37.1 Å². The zero-order valence-corrected chi connectivity index (χ0v) is 16.9. The summed E-state index contributed by atoms with van der Waals surface area (Å²) in [6, 6.07) is 7.58. The molecule has 0 unspecified atom stereocenters. The quantitative estimate of drug-likeness (QED) is 0.853. The lowest BCUT2D eigenvalue weighted by Crippen LogP contribution is -2.44. The zero-order chi connectivity index (χ0) is 19.6. The summed E-state index contributed by atoms with van der Waals surface area (Å²) in [6.07, 6.45) is 1.53. The monoisotopic (exact) mass is 387 g/mol. The van der Waals surface area contributed by atoms with Gasteiger partial charge in [0.25, 0.3) is 0 Å². The second kappa shape index (κ2) is 8.04. The second-order valence-electron chi connectivity index (χ2n) is 7.19. The molecule has 0 saturated carbocycles. The summed E-state index contributed by atoms with van der Waals surface area (Å²) in [7, 11) is 3.98. The van der Waals surface area contributed by atoms with Crippen molar-refractivity contribution in [2.75, 3.05) is 30.9 Å². The van der Waals surface area contributed by atoms with Gasteiger partial charge in [0.2, 0.25) is 16.9 Å². The van der Waals surface area contributed by atoms with Crippen LogP contribution in [0, 0.1) is 5.92 Å². The lowest BCUT2D eigenvalue weighted by Gasteiger charge is -2.25. The molecule has 2 heterocycles. The highest BCUT2D eigenvalue weighted by molar-refractivity contribution is 7.18. The summed E-state index contributed by atoms with van der Waals surface area (Å²) in [5.41, 5.74) is 2.06. The molecule has 3 rings (SSSR count). The van der Waals surface area contributed by atoms with Gasteiger partial charge in [0.15, 0.2) is 0 Å². The molecule has 1 saturated heterocycles. The molecule has 1 aliphatic rings. The number of carbonyl (C=O) groups excluding carboxylic acids is 2.